The van der Waals surface area contributed by atoms with Gasteiger partial charge in [-0.05, 0) is 30.3 Å². The molecule has 0 spiro atoms. The van der Waals surface area contributed by atoms with Gasteiger partial charge in [0.1, 0.15) is 22.6 Å². The molecule has 0 aliphatic carbocycles. The van der Waals surface area contributed by atoms with E-state index in [-0.39, 0.29) is 0 Å². The zero-order chi connectivity index (χ0) is 19.5. The second-order valence-electron chi connectivity index (χ2n) is 5.90. The van der Waals surface area contributed by atoms with Crippen molar-refractivity contribution in [3.63, 3.8) is 0 Å². The van der Waals surface area contributed by atoms with Crippen LogP contribution in [-0.2, 0) is 0 Å². The minimum Gasteiger partial charge on any atom is -0.457 e. The Labute approximate surface area is 176 Å². The Balaban J connectivity index is 1.63. The summed E-state index contributed by atoms with van der Waals surface area (Å²) in [5.41, 5.74) is 3.12. The third-order valence-corrected chi connectivity index (χ3v) is 5.66. The van der Waals surface area contributed by atoms with E-state index in [0.29, 0.717) is 32.1 Å². The van der Waals surface area contributed by atoms with Gasteiger partial charge in [-0.15, -0.1) is 11.3 Å². The Kier molecular flexibility index (Phi) is 5.31. The quantitative estimate of drug-likeness (QED) is 0.321. The molecule has 0 saturated heterocycles. The maximum atomic E-state index is 9.59. The number of aromatic nitrogens is 1. The van der Waals surface area contributed by atoms with Crippen LogP contribution in [0.15, 0.2) is 70.5 Å². The van der Waals surface area contributed by atoms with Crippen LogP contribution in [-0.4, -0.2) is 4.98 Å². The van der Waals surface area contributed by atoms with Crippen LogP contribution in [0.5, 0.6) is 0 Å². The number of benzene rings is 2. The molecule has 4 aromatic rings. The molecule has 0 aliphatic rings. The number of nitriles is 1. The molecule has 136 valence electrons. The Morgan fingerprint density at radius 1 is 1.00 bits per heavy atom. The topological polar surface area (TPSA) is 49.8 Å². The van der Waals surface area contributed by atoms with Crippen LogP contribution in [0.3, 0.4) is 0 Å². The minimum atomic E-state index is 0.446. The van der Waals surface area contributed by atoms with Gasteiger partial charge in [0.05, 0.1) is 21.3 Å². The summed E-state index contributed by atoms with van der Waals surface area (Å²) >= 11 is 13.5. The van der Waals surface area contributed by atoms with E-state index in [4.69, 9.17) is 27.6 Å². The lowest BCUT2D eigenvalue weighted by atomic mass is 10.2. The normalized spacial score (nSPS) is 11.4. The van der Waals surface area contributed by atoms with E-state index < -0.39 is 0 Å². The Morgan fingerprint density at radius 2 is 1.82 bits per heavy atom. The molecule has 2 aromatic carbocycles. The van der Waals surface area contributed by atoms with E-state index in [0.717, 1.165) is 16.8 Å². The summed E-state index contributed by atoms with van der Waals surface area (Å²) in [6.45, 7) is 0. The van der Waals surface area contributed by atoms with Gasteiger partial charge in [-0.25, -0.2) is 4.98 Å². The van der Waals surface area contributed by atoms with Crippen LogP contribution in [0, 0.1) is 11.3 Å². The van der Waals surface area contributed by atoms with E-state index in [2.05, 4.69) is 11.1 Å². The molecule has 0 amide bonds. The van der Waals surface area contributed by atoms with Crippen molar-refractivity contribution in [1.82, 2.24) is 4.98 Å². The van der Waals surface area contributed by atoms with Crippen molar-refractivity contribution in [3.8, 4) is 28.7 Å². The van der Waals surface area contributed by atoms with Gasteiger partial charge in [0.2, 0.25) is 0 Å². The predicted octanol–water partition coefficient (Wildman–Crippen LogP) is 7.44. The fraction of sp³-hybridized carbons (Fsp3) is 0. The number of rotatable bonds is 4. The van der Waals surface area contributed by atoms with Crippen LogP contribution in [0.25, 0.3) is 34.2 Å². The molecule has 6 heteroatoms. The fourth-order valence-electron chi connectivity index (χ4n) is 2.66. The number of hydrogen-bond donors (Lipinski definition) is 0. The van der Waals surface area contributed by atoms with Crippen molar-refractivity contribution < 1.29 is 4.42 Å². The highest BCUT2D eigenvalue weighted by Crippen LogP contribution is 2.31. The first-order valence-electron chi connectivity index (χ1n) is 8.32. The molecule has 0 N–H and O–H groups in total. The molecule has 0 aliphatic heterocycles. The third kappa shape index (κ3) is 3.88. The van der Waals surface area contributed by atoms with Crippen molar-refractivity contribution >= 4 is 46.2 Å². The molecule has 4 rings (SSSR count). The summed E-state index contributed by atoms with van der Waals surface area (Å²) in [4.78, 5) is 4.59. The predicted molar refractivity (Wildman–Crippen MR) is 115 cm³/mol. The van der Waals surface area contributed by atoms with Gasteiger partial charge in [0.15, 0.2) is 0 Å². The Hall–Kier alpha value is -2.84. The molecule has 0 radical (unpaired) electrons. The average molecular weight is 423 g/mol. The van der Waals surface area contributed by atoms with Crippen molar-refractivity contribution in [2.75, 3.05) is 0 Å². The van der Waals surface area contributed by atoms with E-state index >= 15 is 0 Å². The number of furan rings is 1. The monoisotopic (exact) mass is 422 g/mol. The van der Waals surface area contributed by atoms with Crippen LogP contribution >= 0.6 is 34.5 Å². The lowest BCUT2D eigenvalue weighted by Gasteiger charge is -1.99. The largest absolute Gasteiger partial charge is 0.457 e. The smallest absolute Gasteiger partial charge is 0.134 e. The van der Waals surface area contributed by atoms with Gasteiger partial charge in [0.25, 0.3) is 0 Å². The number of thiazole rings is 1. The highest BCUT2D eigenvalue weighted by atomic mass is 35.5. The van der Waals surface area contributed by atoms with Gasteiger partial charge in [-0.3, -0.25) is 0 Å². The zero-order valence-corrected chi connectivity index (χ0v) is 16.7. The second-order valence-corrected chi connectivity index (χ2v) is 7.58. The molecular weight excluding hydrogens is 411 g/mol. The molecule has 0 unspecified atom stereocenters. The van der Waals surface area contributed by atoms with Crippen molar-refractivity contribution in [2.45, 2.75) is 0 Å². The summed E-state index contributed by atoms with van der Waals surface area (Å²) in [6, 6.07) is 21.0. The Bertz CT molecular complexity index is 1200. The van der Waals surface area contributed by atoms with Gasteiger partial charge < -0.3 is 4.42 Å². The number of allylic oxidation sites excluding steroid dienone is 1. The van der Waals surface area contributed by atoms with E-state index in [9.17, 15) is 5.26 Å². The van der Waals surface area contributed by atoms with Gasteiger partial charge >= 0.3 is 0 Å². The van der Waals surface area contributed by atoms with Crippen molar-refractivity contribution in [3.05, 3.63) is 86.9 Å². The van der Waals surface area contributed by atoms with Crippen LogP contribution in [0.1, 0.15) is 10.8 Å². The summed E-state index contributed by atoms with van der Waals surface area (Å²) in [7, 11) is 0. The number of halogens is 2. The van der Waals surface area contributed by atoms with Crippen LogP contribution in [0.4, 0.5) is 0 Å². The number of hydrogen-bond acceptors (Lipinski definition) is 4. The van der Waals surface area contributed by atoms with Crippen LogP contribution in [0.2, 0.25) is 10.0 Å². The molecule has 0 saturated carbocycles. The highest BCUT2D eigenvalue weighted by molar-refractivity contribution is 7.11. The number of nitrogens with zero attached hydrogens (tertiary/aromatic N) is 2. The lowest BCUT2D eigenvalue weighted by Crippen LogP contribution is -1.82. The fourth-order valence-corrected chi connectivity index (χ4v) is 3.75. The Morgan fingerprint density at radius 3 is 2.57 bits per heavy atom. The SMILES string of the molecule is N#CC(=Cc1ccc(-c2ccc(Cl)c(Cl)c2)o1)c1nc(-c2ccccc2)cs1. The first-order chi connectivity index (χ1) is 13.6. The van der Waals surface area contributed by atoms with E-state index in [1.807, 2.05) is 47.8 Å². The zero-order valence-electron chi connectivity index (χ0n) is 14.4. The van der Waals surface area contributed by atoms with Gasteiger partial charge in [-0.2, -0.15) is 5.26 Å². The first kappa shape index (κ1) is 18.5. The van der Waals surface area contributed by atoms with Crippen LogP contribution < -0.4 is 0 Å². The third-order valence-electron chi connectivity index (χ3n) is 4.04. The average Bonchev–Trinajstić information content (AvgIpc) is 3.39. The lowest BCUT2D eigenvalue weighted by molar-refractivity contribution is 0.572. The first-order valence-corrected chi connectivity index (χ1v) is 9.96. The van der Waals surface area contributed by atoms with Crippen molar-refractivity contribution in [1.29, 1.82) is 5.26 Å². The summed E-state index contributed by atoms with van der Waals surface area (Å²) in [5, 5.41) is 13.1. The molecule has 0 bridgehead atoms. The van der Waals surface area contributed by atoms with Gasteiger partial charge in [0, 0.05) is 22.6 Å². The molecule has 28 heavy (non-hydrogen) atoms. The highest BCUT2D eigenvalue weighted by Gasteiger charge is 2.11. The minimum absolute atomic E-state index is 0.446. The molecule has 3 nitrogen and oxygen atoms in total. The second kappa shape index (κ2) is 8.04. The maximum Gasteiger partial charge on any atom is 0.134 e. The molecule has 0 fully saturated rings. The van der Waals surface area contributed by atoms with Crippen molar-refractivity contribution in [2.24, 2.45) is 0 Å². The van der Waals surface area contributed by atoms with E-state index in [1.165, 1.54) is 11.3 Å². The molecule has 2 heterocycles. The molecule has 0 atom stereocenters. The molecule has 2 aromatic heterocycles. The summed E-state index contributed by atoms with van der Waals surface area (Å²) < 4.78 is 5.86. The summed E-state index contributed by atoms with van der Waals surface area (Å²) in [5.74, 6) is 1.21. The molecular formula is C22H12Cl2N2OS. The van der Waals surface area contributed by atoms with E-state index in [1.54, 1.807) is 24.3 Å². The summed E-state index contributed by atoms with van der Waals surface area (Å²) in [6.07, 6.45) is 1.69. The van der Waals surface area contributed by atoms with Gasteiger partial charge in [-0.1, -0.05) is 53.5 Å². The standard InChI is InChI=1S/C22H12Cl2N2OS/c23-18-8-6-15(11-19(18)24)21-9-7-17(27-21)10-16(12-25)22-26-20(13-28-22)14-4-2-1-3-5-14/h1-11,13H. The maximum absolute atomic E-state index is 9.59.